The molecule has 0 bridgehead atoms. The van der Waals surface area contributed by atoms with Crippen LogP contribution in [0.5, 0.6) is 5.75 Å². The number of nitro groups is 1. The zero-order valence-electron chi connectivity index (χ0n) is 13.7. The third-order valence-corrected chi connectivity index (χ3v) is 4.47. The molecular weight excluding hydrogens is 344 g/mol. The Hall–Kier alpha value is -2.88. The number of nitrogens with zero attached hydrogens (tertiary/aromatic N) is 6. The second-order valence-electron chi connectivity index (χ2n) is 5.05. The van der Waals surface area contributed by atoms with Crippen LogP contribution in [-0.2, 0) is 12.4 Å². The molecule has 3 aromatic rings. The molecule has 0 fully saturated rings. The van der Waals surface area contributed by atoms with Crippen molar-refractivity contribution in [3.63, 3.8) is 0 Å². The summed E-state index contributed by atoms with van der Waals surface area (Å²) in [6.45, 7) is 2.71. The highest BCUT2D eigenvalue weighted by atomic mass is 32.2. The standard InChI is InChI=1S/C15H16N6O3S/c1-3-20-14(11-5-4-6-13(7-11)24-2)17-18-15(20)25-10-19-9-12(8-16-19)21(22)23/h4-9H,3,10H2,1-2H3. The van der Waals surface area contributed by atoms with Crippen molar-refractivity contribution in [3.05, 3.63) is 46.8 Å². The maximum atomic E-state index is 10.7. The Morgan fingerprint density at radius 3 is 2.88 bits per heavy atom. The Morgan fingerprint density at radius 1 is 1.36 bits per heavy atom. The van der Waals surface area contributed by atoms with Crippen LogP contribution in [0.15, 0.2) is 41.8 Å². The number of methoxy groups -OCH3 is 1. The van der Waals surface area contributed by atoms with Crippen molar-refractivity contribution >= 4 is 17.4 Å². The van der Waals surface area contributed by atoms with Crippen molar-refractivity contribution in [2.45, 2.75) is 24.5 Å². The van der Waals surface area contributed by atoms with Gasteiger partial charge in [0.2, 0.25) is 0 Å². The van der Waals surface area contributed by atoms with Crippen molar-refractivity contribution in [1.82, 2.24) is 24.5 Å². The number of rotatable bonds is 7. The highest BCUT2D eigenvalue weighted by molar-refractivity contribution is 7.98. The summed E-state index contributed by atoms with van der Waals surface area (Å²) in [7, 11) is 1.62. The molecule has 0 aliphatic carbocycles. The Labute approximate surface area is 147 Å². The van der Waals surface area contributed by atoms with Crippen molar-refractivity contribution in [2.75, 3.05) is 7.11 Å². The van der Waals surface area contributed by atoms with E-state index in [1.54, 1.807) is 7.11 Å². The largest absolute Gasteiger partial charge is 0.497 e. The smallest absolute Gasteiger partial charge is 0.307 e. The maximum Gasteiger partial charge on any atom is 0.307 e. The normalized spacial score (nSPS) is 10.8. The first-order valence-corrected chi connectivity index (χ1v) is 8.48. The molecule has 0 aliphatic rings. The van der Waals surface area contributed by atoms with Crippen LogP contribution in [0.1, 0.15) is 6.92 Å². The molecule has 0 saturated carbocycles. The van der Waals surface area contributed by atoms with Gasteiger partial charge in [-0.15, -0.1) is 10.2 Å². The summed E-state index contributed by atoms with van der Waals surface area (Å²) in [4.78, 5) is 10.2. The van der Waals surface area contributed by atoms with E-state index in [0.29, 0.717) is 12.4 Å². The van der Waals surface area contributed by atoms with Crippen LogP contribution in [0.3, 0.4) is 0 Å². The van der Waals surface area contributed by atoms with Crippen LogP contribution >= 0.6 is 11.8 Å². The van der Waals surface area contributed by atoms with E-state index in [4.69, 9.17) is 4.74 Å². The molecule has 0 saturated heterocycles. The SMILES string of the molecule is CCn1c(SCn2cc([N+](=O)[O-])cn2)nnc1-c1cccc(OC)c1. The van der Waals surface area contributed by atoms with Crippen molar-refractivity contribution in [3.8, 4) is 17.1 Å². The predicted molar refractivity (Wildman–Crippen MR) is 92.4 cm³/mol. The van der Waals surface area contributed by atoms with E-state index in [2.05, 4.69) is 15.3 Å². The summed E-state index contributed by atoms with van der Waals surface area (Å²) in [5, 5.41) is 23.9. The van der Waals surface area contributed by atoms with E-state index in [9.17, 15) is 10.1 Å². The van der Waals surface area contributed by atoms with E-state index in [1.165, 1.54) is 28.8 Å². The first-order chi connectivity index (χ1) is 12.1. The fraction of sp³-hybridized carbons (Fsp3) is 0.267. The van der Waals surface area contributed by atoms with Crippen molar-refractivity contribution in [1.29, 1.82) is 0 Å². The summed E-state index contributed by atoms with van der Waals surface area (Å²) in [5.41, 5.74) is 0.880. The molecule has 3 rings (SSSR count). The quantitative estimate of drug-likeness (QED) is 0.363. The average molecular weight is 360 g/mol. The Bertz CT molecular complexity index is 891. The lowest BCUT2D eigenvalue weighted by Crippen LogP contribution is -2.02. The van der Waals surface area contributed by atoms with Gasteiger partial charge in [0.05, 0.1) is 17.9 Å². The molecule has 2 aromatic heterocycles. The molecule has 130 valence electrons. The first kappa shape index (κ1) is 17.0. The molecule has 0 N–H and O–H groups in total. The highest BCUT2D eigenvalue weighted by Gasteiger charge is 2.15. The van der Waals surface area contributed by atoms with Gasteiger partial charge in [-0.25, -0.2) is 0 Å². The third kappa shape index (κ3) is 3.63. The zero-order chi connectivity index (χ0) is 17.8. The number of thioether (sulfide) groups is 1. The third-order valence-electron chi connectivity index (χ3n) is 3.52. The molecular formula is C15H16N6O3S. The van der Waals surface area contributed by atoms with Gasteiger partial charge in [-0.2, -0.15) is 5.10 Å². The van der Waals surface area contributed by atoms with E-state index >= 15 is 0 Å². The summed E-state index contributed by atoms with van der Waals surface area (Å²) in [5.74, 6) is 1.90. The molecule has 2 heterocycles. The number of ether oxygens (including phenoxy) is 1. The first-order valence-electron chi connectivity index (χ1n) is 7.49. The minimum Gasteiger partial charge on any atom is -0.497 e. The fourth-order valence-corrected chi connectivity index (χ4v) is 3.16. The van der Waals surface area contributed by atoms with Crippen LogP contribution in [0.2, 0.25) is 0 Å². The van der Waals surface area contributed by atoms with E-state index in [-0.39, 0.29) is 5.69 Å². The van der Waals surface area contributed by atoms with Gasteiger partial charge in [0.15, 0.2) is 11.0 Å². The van der Waals surface area contributed by atoms with Gasteiger partial charge in [0, 0.05) is 12.1 Å². The van der Waals surface area contributed by atoms with Crippen LogP contribution in [0.25, 0.3) is 11.4 Å². The Kier molecular flexibility index (Phi) is 4.98. The van der Waals surface area contributed by atoms with Crippen LogP contribution in [-0.4, -0.2) is 36.6 Å². The molecule has 0 atom stereocenters. The van der Waals surface area contributed by atoms with Gasteiger partial charge in [0.25, 0.3) is 0 Å². The van der Waals surface area contributed by atoms with Crippen molar-refractivity contribution < 1.29 is 9.66 Å². The summed E-state index contributed by atoms with van der Waals surface area (Å²) >= 11 is 1.41. The van der Waals surface area contributed by atoms with E-state index in [1.807, 2.05) is 35.8 Å². The van der Waals surface area contributed by atoms with Gasteiger partial charge in [-0.3, -0.25) is 14.8 Å². The second kappa shape index (κ2) is 7.34. The predicted octanol–water partition coefficient (Wildman–Crippen LogP) is 2.83. The molecule has 25 heavy (non-hydrogen) atoms. The monoisotopic (exact) mass is 360 g/mol. The number of hydrogen-bond donors (Lipinski definition) is 0. The summed E-state index contributed by atoms with van der Waals surface area (Å²) in [6, 6.07) is 7.63. The summed E-state index contributed by atoms with van der Waals surface area (Å²) in [6.07, 6.45) is 2.62. The lowest BCUT2D eigenvalue weighted by Gasteiger charge is -2.08. The molecule has 9 nitrogen and oxygen atoms in total. The molecule has 0 amide bonds. The van der Waals surface area contributed by atoms with Crippen LogP contribution in [0.4, 0.5) is 5.69 Å². The van der Waals surface area contributed by atoms with Crippen LogP contribution in [0, 0.1) is 10.1 Å². The van der Waals surface area contributed by atoms with Gasteiger partial charge in [-0.05, 0) is 19.1 Å². The van der Waals surface area contributed by atoms with Crippen LogP contribution < -0.4 is 4.74 Å². The minimum absolute atomic E-state index is 0.0328. The number of aromatic nitrogens is 5. The second-order valence-corrected chi connectivity index (χ2v) is 5.96. The Morgan fingerprint density at radius 2 is 2.20 bits per heavy atom. The van der Waals surface area contributed by atoms with E-state index < -0.39 is 4.92 Å². The van der Waals surface area contributed by atoms with Gasteiger partial charge in [-0.1, -0.05) is 23.9 Å². The molecule has 0 spiro atoms. The number of benzene rings is 1. The highest BCUT2D eigenvalue weighted by Crippen LogP contribution is 2.27. The van der Waals surface area contributed by atoms with Gasteiger partial charge >= 0.3 is 5.69 Å². The molecule has 1 aromatic carbocycles. The number of hydrogen-bond acceptors (Lipinski definition) is 7. The average Bonchev–Trinajstić information content (AvgIpc) is 3.26. The molecule has 10 heteroatoms. The molecule has 0 aliphatic heterocycles. The minimum atomic E-state index is -0.469. The Balaban J connectivity index is 1.80. The van der Waals surface area contributed by atoms with Gasteiger partial charge < -0.3 is 9.30 Å². The van der Waals surface area contributed by atoms with E-state index in [0.717, 1.165) is 22.3 Å². The zero-order valence-corrected chi connectivity index (χ0v) is 14.5. The molecule has 0 unspecified atom stereocenters. The topological polar surface area (TPSA) is 101 Å². The fourth-order valence-electron chi connectivity index (χ4n) is 2.30. The lowest BCUT2D eigenvalue weighted by molar-refractivity contribution is -0.385. The van der Waals surface area contributed by atoms with Crippen molar-refractivity contribution in [2.24, 2.45) is 0 Å². The summed E-state index contributed by atoms with van der Waals surface area (Å²) < 4.78 is 8.74. The molecule has 0 radical (unpaired) electrons. The van der Waals surface area contributed by atoms with Gasteiger partial charge in [0.1, 0.15) is 18.1 Å². The maximum absolute atomic E-state index is 10.7. The lowest BCUT2D eigenvalue weighted by atomic mass is 10.2.